The third-order valence-corrected chi connectivity index (χ3v) is 2.72. The fraction of sp³-hybridized carbons (Fsp3) is 0.400. The van der Waals surface area contributed by atoms with Crippen LogP contribution < -0.4 is 5.73 Å². The van der Waals surface area contributed by atoms with Gasteiger partial charge in [0.1, 0.15) is 0 Å². The van der Waals surface area contributed by atoms with Gasteiger partial charge in [-0.1, -0.05) is 0 Å². The van der Waals surface area contributed by atoms with E-state index in [0.717, 1.165) is 22.7 Å². The van der Waals surface area contributed by atoms with Gasteiger partial charge in [0.15, 0.2) is 11.5 Å². The van der Waals surface area contributed by atoms with Crippen LogP contribution in [0.15, 0.2) is 12.3 Å². The van der Waals surface area contributed by atoms with Crippen LogP contribution in [0.1, 0.15) is 30.1 Å². The number of aromatic nitrogens is 3. The normalized spacial score (nSPS) is 16.4. The van der Waals surface area contributed by atoms with Crippen molar-refractivity contribution < 1.29 is 0 Å². The molecule has 0 aromatic carbocycles. The lowest BCUT2D eigenvalue weighted by Gasteiger charge is -1.98. The van der Waals surface area contributed by atoms with E-state index in [0.29, 0.717) is 5.92 Å². The molecular formula is C10H12N4. The summed E-state index contributed by atoms with van der Waals surface area (Å²) in [5, 5.41) is 4.40. The summed E-state index contributed by atoms with van der Waals surface area (Å²) in [5.41, 5.74) is 8.53. The van der Waals surface area contributed by atoms with Crippen LogP contribution in [-0.2, 0) is 0 Å². The molecule has 3 rings (SSSR count). The molecule has 2 heterocycles. The van der Waals surface area contributed by atoms with Gasteiger partial charge in [-0.2, -0.15) is 5.10 Å². The number of anilines is 1. The van der Waals surface area contributed by atoms with E-state index in [-0.39, 0.29) is 0 Å². The van der Waals surface area contributed by atoms with Crippen molar-refractivity contribution >= 4 is 11.3 Å². The minimum Gasteiger partial charge on any atom is -0.395 e. The van der Waals surface area contributed by atoms with Crippen LogP contribution in [0.2, 0.25) is 0 Å². The Morgan fingerprint density at radius 3 is 3.00 bits per heavy atom. The Kier molecular flexibility index (Phi) is 1.37. The fourth-order valence-corrected chi connectivity index (χ4v) is 1.59. The maximum absolute atomic E-state index is 5.93. The van der Waals surface area contributed by atoms with Gasteiger partial charge in [-0.15, -0.1) is 0 Å². The SMILES string of the molecule is Cc1ccn2nc(C3CC3)nc2c1N. The average molecular weight is 188 g/mol. The largest absolute Gasteiger partial charge is 0.395 e. The maximum atomic E-state index is 5.93. The maximum Gasteiger partial charge on any atom is 0.178 e. The van der Waals surface area contributed by atoms with Crippen molar-refractivity contribution in [1.82, 2.24) is 14.6 Å². The third-order valence-electron chi connectivity index (χ3n) is 2.72. The van der Waals surface area contributed by atoms with E-state index in [1.165, 1.54) is 12.8 Å². The van der Waals surface area contributed by atoms with E-state index in [4.69, 9.17) is 5.73 Å². The number of rotatable bonds is 1. The van der Waals surface area contributed by atoms with E-state index in [9.17, 15) is 0 Å². The molecule has 0 saturated heterocycles. The van der Waals surface area contributed by atoms with Crippen molar-refractivity contribution in [2.75, 3.05) is 5.73 Å². The van der Waals surface area contributed by atoms with Crippen molar-refractivity contribution in [3.63, 3.8) is 0 Å². The number of nitrogens with two attached hydrogens (primary N) is 1. The molecule has 2 N–H and O–H groups in total. The number of hydrogen-bond acceptors (Lipinski definition) is 3. The molecule has 14 heavy (non-hydrogen) atoms. The molecule has 72 valence electrons. The van der Waals surface area contributed by atoms with Crippen LogP contribution in [0.25, 0.3) is 5.65 Å². The molecule has 0 bridgehead atoms. The Hall–Kier alpha value is -1.58. The first-order valence-corrected chi connectivity index (χ1v) is 4.87. The molecule has 0 atom stereocenters. The van der Waals surface area contributed by atoms with E-state index in [1.54, 1.807) is 4.52 Å². The highest BCUT2D eigenvalue weighted by Crippen LogP contribution is 2.38. The Labute approximate surface area is 81.8 Å². The summed E-state index contributed by atoms with van der Waals surface area (Å²) in [7, 11) is 0. The summed E-state index contributed by atoms with van der Waals surface area (Å²) in [4.78, 5) is 4.46. The Bertz CT molecular complexity index is 496. The topological polar surface area (TPSA) is 56.2 Å². The highest BCUT2D eigenvalue weighted by atomic mass is 15.3. The van der Waals surface area contributed by atoms with Crippen molar-refractivity contribution in [2.24, 2.45) is 0 Å². The second-order valence-corrected chi connectivity index (χ2v) is 3.92. The number of hydrogen-bond donors (Lipinski definition) is 1. The quantitative estimate of drug-likeness (QED) is 0.737. The predicted molar refractivity (Wildman–Crippen MR) is 54.1 cm³/mol. The van der Waals surface area contributed by atoms with Crippen molar-refractivity contribution in [1.29, 1.82) is 0 Å². The zero-order valence-electron chi connectivity index (χ0n) is 8.07. The Morgan fingerprint density at radius 1 is 1.50 bits per heavy atom. The second-order valence-electron chi connectivity index (χ2n) is 3.92. The monoisotopic (exact) mass is 188 g/mol. The second kappa shape index (κ2) is 2.47. The molecule has 0 aliphatic heterocycles. The summed E-state index contributed by atoms with van der Waals surface area (Å²) in [5.74, 6) is 1.52. The van der Waals surface area contributed by atoms with Gasteiger partial charge < -0.3 is 5.73 Å². The molecular weight excluding hydrogens is 176 g/mol. The highest BCUT2D eigenvalue weighted by Gasteiger charge is 2.28. The first kappa shape index (κ1) is 7.79. The molecule has 0 radical (unpaired) electrons. The lowest BCUT2D eigenvalue weighted by molar-refractivity contribution is 0.877. The molecule has 0 amide bonds. The molecule has 1 aliphatic carbocycles. The van der Waals surface area contributed by atoms with Gasteiger partial charge in [0, 0.05) is 12.1 Å². The Balaban J connectivity index is 2.26. The summed E-state index contributed by atoms with van der Waals surface area (Å²) in [6.45, 7) is 1.99. The standard InChI is InChI=1S/C10H12N4/c1-6-4-5-14-10(8(6)11)12-9(13-14)7-2-3-7/h4-5,7H,2-3,11H2,1H3. The van der Waals surface area contributed by atoms with Crippen LogP contribution in [0, 0.1) is 6.92 Å². The minimum atomic E-state index is 0.578. The summed E-state index contributed by atoms with van der Waals surface area (Å²) < 4.78 is 1.77. The van der Waals surface area contributed by atoms with E-state index in [1.807, 2.05) is 19.2 Å². The van der Waals surface area contributed by atoms with Gasteiger partial charge in [0.05, 0.1) is 5.69 Å². The molecule has 0 spiro atoms. The van der Waals surface area contributed by atoms with Crippen LogP contribution in [0.4, 0.5) is 5.69 Å². The molecule has 2 aromatic rings. The van der Waals surface area contributed by atoms with Crippen molar-refractivity contribution in [2.45, 2.75) is 25.7 Å². The van der Waals surface area contributed by atoms with E-state index >= 15 is 0 Å². The highest BCUT2D eigenvalue weighted by molar-refractivity contribution is 5.67. The summed E-state index contributed by atoms with van der Waals surface area (Å²) in [6.07, 6.45) is 4.35. The van der Waals surface area contributed by atoms with Crippen molar-refractivity contribution in [3.05, 3.63) is 23.7 Å². The molecule has 4 nitrogen and oxygen atoms in total. The molecule has 1 saturated carbocycles. The third kappa shape index (κ3) is 0.999. The molecule has 1 aliphatic rings. The summed E-state index contributed by atoms with van der Waals surface area (Å²) in [6, 6.07) is 1.97. The molecule has 0 unspecified atom stereocenters. The first-order valence-electron chi connectivity index (χ1n) is 4.87. The van der Waals surface area contributed by atoms with Gasteiger partial charge in [-0.05, 0) is 31.4 Å². The lowest BCUT2D eigenvalue weighted by Crippen LogP contribution is -1.96. The smallest absolute Gasteiger partial charge is 0.178 e. The minimum absolute atomic E-state index is 0.578. The van der Waals surface area contributed by atoms with E-state index in [2.05, 4.69) is 10.1 Å². The van der Waals surface area contributed by atoms with Crippen LogP contribution in [0.5, 0.6) is 0 Å². The fourth-order valence-electron chi connectivity index (χ4n) is 1.59. The zero-order valence-corrected chi connectivity index (χ0v) is 8.07. The molecule has 4 heteroatoms. The number of fused-ring (bicyclic) bond motifs is 1. The first-order chi connectivity index (χ1) is 6.75. The molecule has 2 aromatic heterocycles. The number of pyridine rings is 1. The summed E-state index contributed by atoms with van der Waals surface area (Å²) >= 11 is 0. The van der Waals surface area contributed by atoms with Gasteiger partial charge in [0.2, 0.25) is 0 Å². The number of nitrogens with zero attached hydrogens (tertiary/aromatic N) is 3. The van der Waals surface area contributed by atoms with Crippen molar-refractivity contribution in [3.8, 4) is 0 Å². The van der Waals surface area contributed by atoms with Crippen LogP contribution >= 0.6 is 0 Å². The lowest BCUT2D eigenvalue weighted by atomic mass is 10.2. The van der Waals surface area contributed by atoms with E-state index < -0.39 is 0 Å². The van der Waals surface area contributed by atoms with Gasteiger partial charge in [0.25, 0.3) is 0 Å². The van der Waals surface area contributed by atoms with Gasteiger partial charge >= 0.3 is 0 Å². The average Bonchev–Trinajstić information content (AvgIpc) is 2.93. The van der Waals surface area contributed by atoms with Gasteiger partial charge in [-0.3, -0.25) is 0 Å². The number of nitrogen functional groups attached to an aromatic ring is 1. The number of aryl methyl sites for hydroxylation is 1. The van der Waals surface area contributed by atoms with Crippen LogP contribution in [-0.4, -0.2) is 14.6 Å². The molecule has 1 fully saturated rings. The Morgan fingerprint density at radius 2 is 2.29 bits per heavy atom. The van der Waals surface area contributed by atoms with Crippen LogP contribution in [0.3, 0.4) is 0 Å². The zero-order chi connectivity index (χ0) is 9.71. The predicted octanol–water partition coefficient (Wildman–Crippen LogP) is 1.50. The van der Waals surface area contributed by atoms with Gasteiger partial charge in [-0.25, -0.2) is 9.50 Å².